The van der Waals surface area contributed by atoms with Crippen LogP contribution in [0.25, 0.3) is 11.0 Å². The van der Waals surface area contributed by atoms with Crippen LogP contribution in [-0.2, 0) is 12.8 Å². The average molecular weight is 598 g/mol. The van der Waals surface area contributed by atoms with Gasteiger partial charge in [0.1, 0.15) is 11.6 Å². The molecule has 0 saturated carbocycles. The van der Waals surface area contributed by atoms with E-state index in [2.05, 4.69) is 108 Å². The topological polar surface area (TPSA) is 85.0 Å². The predicted molar refractivity (Wildman–Crippen MR) is 167 cm³/mol. The number of benzene rings is 3. The fourth-order valence-electron chi connectivity index (χ4n) is 5.02. The van der Waals surface area contributed by atoms with Crippen molar-refractivity contribution in [2.45, 2.75) is 19.8 Å². The van der Waals surface area contributed by atoms with Crippen molar-refractivity contribution in [2.75, 3.05) is 48.3 Å². The Hall–Kier alpha value is -3.95. The molecule has 0 bridgehead atoms. The van der Waals surface area contributed by atoms with Crippen LogP contribution in [0.4, 0.5) is 28.8 Å². The molecule has 1 saturated heterocycles. The van der Waals surface area contributed by atoms with Gasteiger partial charge >= 0.3 is 0 Å². The highest BCUT2D eigenvalue weighted by Crippen LogP contribution is 2.28. The van der Waals surface area contributed by atoms with Gasteiger partial charge in [0.15, 0.2) is 0 Å². The van der Waals surface area contributed by atoms with Gasteiger partial charge in [-0.05, 0) is 76.9 Å². The summed E-state index contributed by atoms with van der Waals surface area (Å²) >= 11 is 3.59. The number of hydrogen-bond donors (Lipinski definition) is 3. The maximum Gasteiger partial charge on any atom is 0.229 e. The number of aryl methyl sites for hydroxylation is 2. The molecular weight excluding hydrogens is 564 g/mol. The largest absolute Gasteiger partial charge is 0.369 e. The molecule has 0 aliphatic carbocycles. The van der Waals surface area contributed by atoms with Gasteiger partial charge in [0.2, 0.25) is 5.95 Å². The van der Waals surface area contributed by atoms with Gasteiger partial charge in [-0.15, -0.1) is 0 Å². The third-order valence-corrected chi connectivity index (χ3v) is 7.92. The maximum atomic E-state index is 4.76. The first kappa shape index (κ1) is 26.3. The molecule has 3 N–H and O–H groups in total. The van der Waals surface area contributed by atoms with Crippen LogP contribution in [0.5, 0.6) is 0 Å². The molecule has 0 atom stereocenters. The fourth-order valence-corrected chi connectivity index (χ4v) is 5.31. The van der Waals surface area contributed by atoms with E-state index in [-0.39, 0.29) is 0 Å². The molecule has 3 aromatic carbocycles. The van der Waals surface area contributed by atoms with E-state index in [0.717, 1.165) is 78.3 Å². The van der Waals surface area contributed by atoms with Gasteiger partial charge in [0.05, 0.1) is 15.5 Å². The van der Waals surface area contributed by atoms with Crippen LogP contribution in [0.3, 0.4) is 0 Å². The molecule has 3 heterocycles. The molecule has 1 aliphatic heterocycles. The van der Waals surface area contributed by atoms with Crippen LogP contribution in [0.1, 0.15) is 18.3 Å². The van der Waals surface area contributed by atoms with E-state index in [1.54, 1.807) is 6.20 Å². The number of hydrogen-bond acceptors (Lipinski definition) is 7. The number of nitrogens with one attached hydrogen (secondary N) is 3. The first-order valence-electron chi connectivity index (χ1n) is 13.8. The SMILES string of the molecule is CCN1CCN(c2ccc(Nc3ncc(Br)c(Nc4ccc5nc(CCc6ccccc6)[nH]c5c4)n3)cc2)CC1. The van der Waals surface area contributed by atoms with E-state index < -0.39 is 0 Å². The lowest BCUT2D eigenvalue weighted by Gasteiger charge is -2.35. The van der Waals surface area contributed by atoms with E-state index in [0.29, 0.717) is 11.8 Å². The minimum atomic E-state index is 0.529. The van der Waals surface area contributed by atoms with Crippen molar-refractivity contribution < 1.29 is 0 Å². The Balaban J connectivity index is 1.10. The van der Waals surface area contributed by atoms with Gasteiger partial charge in [-0.3, -0.25) is 0 Å². The number of fused-ring (bicyclic) bond motifs is 1. The summed E-state index contributed by atoms with van der Waals surface area (Å²) in [4.78, 5) is 22.3. The van der Waals surface area contributed by atoms with Crippen molar-refractivity contribution in [3.8, 4) is 0 Å². The maximum absolute atomic E-state index is 4.76. The van der Waals surface area contributed by atoms with Gasteiger partial charge < -0.3 is 25.4 Å². The monoisotopic (exact) mass is 596 g/mol. The molecule has 204 valence electrons. The third kappa shape index (κ3) is 6.26. The van der Waals surface area contributed by atoms with E-state index in [1.807, 2.05) is 18.2 Å². The van der Waals surface area contributed by atoms with Gasteiger partial charge in [0, 0.05) is 55.9 Å². The van der Waals surface area contributed by atoms with Crippen molar-refractivity contribution in [2.24, 2.45) is 0 Å². The minimum absolute atomic E-state index is 0.529. The smallest absolute Gasteiger partial charge is 0.229 e. The number of H-pyrrole nitrogens is 1. The Morgan fingerprint density at radius 2 is 1.62 bits per heavy atom. The second-order valence-corrected chi connectivity index (χ2v) is 10.9. The molecule has 40 heavy (non-hydrogen) atoms. The number of aromatic nitrogens is 4. The molecule has 1 fully saturated rings. The lowest BCUT2D eigenvalue weighted by atomic mass is 10.1. The summed E-state index contributed by atoms with van der Waals surface area (Å²) in [7, 11) is 0. The first-order chi connectivity index (χ1) is 19.6. The van der Waals surface area contributed by atoms with Crippen LogP contribution < -0.4 is 15.5 Å². The number of aromatic amines is 1. The molecule has 0 unspecified atom stereocenters. The zero-order valence-corrected chi connectivity index (χ0v) is 24.2. The summed E-state index contributed by atoms with van der Waals surface area (Å²) in [6, 6.07) is 25.1. The highest BCUT2D eigenvalue weighted by molar-refractivity contribution is 9.10. The Bertz CT molecular complexity index is 1560. The highest BCUT2D eigenvalue weighted by atomic mass is 79.9. The summed E-state index contributed by atoms with van der Waals surface area (Å²) in [5, 5.41) is 6.76. The Kier molecular flexibility index (Phi) is 7.92. The van der Waals surface area contributed by atoms with Crippen LogP contribution >= 0.6 is 15.9 Å². The van der Waals surface area contributed by atoms with E-state index in [1.165, 1.54) is 11.3 Å². The number of nitrogens with zero attached hydrogens (tertiary/aromatic N) is 5. The van der Waals surface area contributed by atoms with Crippen LogP contribution in [0.2, 0.25) is 0 Å². The number of imidazole rings is 1. The molecule has 0 spiro atoms. The van der Waals surface area contributed by atoms with Gasteiger partial charge in [-0.1, -0.05) is 37.3 Å². The summed E-state index contributed by atoms with van der Waals surface area (Å²) in [5.41, 5.74) is 6.37. The average Bonchev–Trinajstić information content (AvgIpc) is 3.41. The minimum Gasteiger partial charge on any atom is -0.369 e. The summed E-state index contributed by atoms with van der Waals surface area (Å²) in [6.07, 6.45) is 3.58. The number of rotatable bonds is 9. The molecule has 8 nitrogen and oxygen atoms in total. The molecule has 0 radical (unpaired) electrons. The predicted octanol–water partition coefficient (Wildman–Crippen LogP) is 6.53. The van der Waals surface area contributed by atoms with E-state index in [4.69, 9.17) is 9.97 Å². The highest BCUT2D eigenvalue weighted by Gasteiger charge is 2.16. The summed E-state index contributed by atoms with van der Waals surface area (Å²) in [5.74, 6) is 2.20. The molecular formula is C31H33BrN8. The van der Waals surface area contributed by atoms with Crippen molar-refractivity contribution in [1.29, 1.82) is 0 Å². The van der Waals surface area contributed by atoms with Crippen LogP contribution in [0, 0.1) is 0 Å². The number of likely N-dealkylation sites (N-methyl/N-ethyl adjacent to an activating group) is 1. The second-order valence-electron chi connectivity index (χ2n) is 10.0. The van der Waals surface area contributed by atoms with Gasteiger partial charge in [0.25, 0.3) is 0 Å². The van der Waals surface area contributed by atoms with Crippen LogP contribution in [0.15, 0.2) is 83.5 Å². The molecule has 1 aliphatic rings. The molecule has 0 amide bonds. The normalized spacial score (nSPS) is 14.0. The van der Waals surface area contributed by atoms with Crippen LogP contribution in [-0.4, -0.2) is 57.6 Å². The lowest BCUT2D eigenvalue weighted by molar-refractivity contribution is 0.271. The zero-order valence-electron chi connectivity index (χ0n) is 22.6. The van der Waals surface area contributed by atoms with Crippen molar-refractivity contribution >= 4 is 55.8 Å². The lowest BCUT2D eigenvalue weighted by Crippen LogP contribution is -2.46. The van der Waals surface area contributed by atoms with E-state index in [9.17, 15) is 0 Å². The molecule has 6 rings (SSSR count). The molecule has 9 heteroatoms. The van der Waals surface area contributed by atoms with Crippen molar-refractivity contribution in [3.05, 3.63) is 94.9 Å². The molecule has 5 aromatic rings. The standard InChI is InChI=1S/C31H33BrN8/c1-2-39-16-18-40(19-17-39)25-12-9-23(10-13-25)35-31-33-21-26(32)30(38-31)34-24-11-14-27-28(20-24)37-29(36-27)15-8-22-6-4-3-5-7-22/h3-7,9-14,20-21H,2,8,15-19H2,1H3,(H,36,37)(H2,33,34,35,38). The van der Waals surface area contributed by atoms with Gasteiger partial charge in [-0.2, -0.15) is 4.98 Å². The Labute approximate surface area is 243 Å². The quantitative estimate of drug-likeness (QED) is 0.178. The Morgan fingerprint density at radius 3 is 2.40 bits per heavy atom. The number of piperazine rings is 1. The molecule has 2 aromatic heterocycles. The summed E-state index contributed by atoms with van der Waals surface area (Å²) in [6.45, 7) is 7.69. The number of anilines is 5. The summed E-state index contributed by atoms with van der Waals surface area (Å²) < 4.78 is 0.785. The van der Waals surface area contributed by atoms with E-state index >= 15 is 0 Å². The van der Waals surface area contributed by atoms with Crippen molar-refractivity contribution in [1.82, 2.24) is 24.8 Å². The fraction of sp³-hybridized carbons (Fsp3) is 0.258. The number of halogens is 1. The van der Waals surface area contributed by atoms with Gasteiger partial charge in [-0.25, -0.2) is 9.97 Å². The zero-order chi connectivity index (χ0) is 27.3. The second kappa shape index (κ2) is 12.1. The Morgan fingerprint density at radius 1 is 0.850 bits per heavy atom. The first-order valence-corrected chi connectivity index (χ1v) is 14.6. The van der Waals surface area contributed by atoms with Crippen molar-refractivity contribution in [3.63, 3.8) is 0 Å². The third-order valence-electron chi connectivity index (χ3n) is 7.34.